The van der Waals surface area contributed by atoms with Crippen molar-refractivity contribution in [1.82, 2.24) is 14.5 Å². The summed E-state index contributed by atoms with van der Waals surface area (Å²) in [6.07, 6.45) is 8.19. The van der Waals surface area contributed by atoms with Crippen LogP contribution < -0.4 is 0 Å². The van der Waals surface area contributed by atoms with Gasteiger partial charge in [0.05, 0.1) is 18.2 Å². The fourth-order valence-electron chi connectivity index (χ4n) is 4.03. The molecule has 1 aromatic carbocycles. The lowest BCUT2D eigenvalue weighted by molar-refractivity contribution is -0.135. The number of carbonyl (C=O) groups excluding carboxylic acids is 1. The molecule has 2 aromatic rings. The lowest BCUT2D eigenvalue weighted by Crippen LogP contribution is -2.47. The highest BCUT2D eigenvalue weighted by molar-refractivity contribution is 5.76. The lowest BCUT2D eigenvalue weighted by atomic mass is 9.99. The molecule has 1 fully saturated rings. The molecule has 3 atom stereocenters. The summed E-state index contributed by atoms with van der Waals surface area (Å²) in [5, 5.41) is 11.1. The van der Waals surface area contributed by atoms with E-state index in [2.05, 4.69) is 9.55 Å². The number of imidazole rings is 1. The van der Waals surface area contributed by atoms with E-state index in [1.54, 1.807) is 11.1 Å². The highest BCUT2D eigenvalue weighted by atomic mass is 16.3. The van der Waals surface area contributed by atoms with Crippen molar-refractivity contribution in [3.05, 3.63) is 54.1 Å². The van der Waals surface area contributed by atoms with Gasteiger partial charge in [-0.2, -0.15) is 0 Å². The standard InChI is InChI=1S/C21H29N3O2/c1-16-22-14-15-24(16)19-11-7-6-10-18(21(19)26)23(2)20(25)13-12-17-8-4-3-5-9-17/h3-5,8-9,14-15,18-19,21,26H,6-7,10-13H2,1-2H3/t18-,19-,21-/m1/s1. The minimum absolute atomic E-state index is 0.0191. The number of carbonyl (C=O) groups is 1. The maximum atomic E-state index is 12.7. The van der Waals surface area contributed by atoms with Crippen LogP contribution in [0.2, 0.25) is 0 Å². The number of aryl methyl sites for hydroxylation is 2. The highest BCUT2D eigenvalue weighted by Crippen LogP contribution is 2.31. The second-order valence-electron chi connectivity index (χ2n) is 7.28. The van der Waals surface area contributed by atoms with Crippen LogP contribution in [0.15, 0.2) is 42.7 Å². The number of amides is 1. The van der Waals surface area contributed by atoms with E-state index < -0.39 is 6.10 Å². The average Bonchev–Trinajstić information content (AvgIpc) is 2.98. The summed E-state index contributed by atoms with van der Waals surface area (Å²) >= 11 is 0. The predicted octanol–water partition coefficient (Wildman–Crippen LogP) is 3.13. The van der Waals surface area contributed by atoms with Crippen molar-refractivity contribution in [3.63, 3.8) is 0 Å². The third kappa shape index (κ3) is 4.15. The molecule has 3 rings (SSSR count). The molecule has 1 aliphatic rings. The van der Waals surface area contributed by atoms with E-state index >= 15 is 0 Å². The first-order chi connectivity index (χ1) is 12.6. The Bertz CT molecular complexity index is 713. The molecule has 0 spiro atoms. The third-order valence-corrected chi connectivity index (χ3v) is 5.62. The quantitative estimate of drug-likeness (QED) is 0.839. The maximum absolute atomic E-state index is 12.7. The first-order valence-electron chi connectivity index (χ1n) is 9.55. The molecular weight excluding hydrogens is 326 g/mol. The normalized spacial score (nSPS) is 23.4. The number of nitrogens with zero attached hydrogens (tertiary/aromatic N) is 3. The van der Waals surface area contributed by atoms with E-state index in [9.17, 15) is 9.90 Å². The maximum Gasteiger partial charge on any atom is 0.222 e. The topological polar surface area (TPSA) is 58.4 Å². The van der Waals surface area contributed by atoms with Crippen LogP contribution in [0.3, 0.4) is 0 Å². The van der Waals surface area contributed by atoms with Crippen LogP contribution in [-0.4, -0.2) is 44.7 Å². The summed E-state index contributed by atoms with van der Waals surface area (Å²) in [6.45, 7) is 1.96. The minimum Gasteiger partial charge on any atom is -0.389 e. The molecule has 1 aromatic heterocycles. The molecule has 5 nitrogen and oxygen atoms in total. The van der Waals surface area contributed by atoms with Gasteiger partial charge in [-0.25, -0.2) is 4.98 Å². The number of benzene rings is 1. The highest BCUT2D eigenvalue weighted by Gasteiger charge is 2.35. The third-order valence-electron chi connectivity index (χ3n) is 5.62. The van der Waals surface area contributed by atoms with Gasteiger partial charge in [-0.1, -0.05) is 43.2 Å². The second-order valence-corrected chi connectivity index (χ2v) is 7.28. The van der Waals surface area contributed by atoms with Crippen molar-refractivity contribution in [2.24, 2.45) is 0 Å². The Labute approximate surface area is 155 Å². The summed E-state index contributed by atoms with van der Waals surface area (Å²) in [4.78, 5) is 18.8. The molecule has 1 heterocycles. The van der Waals surface area contributed by atoms with E-state index in [0.29, 0.717) is 6.42 Å². The number of hydrogen-bond donors (Lipinski definition) is 1. The predicted molar refractivity (Wildman–Crippen MR) is 102 cm³/mol. The van der Waals surface area contributed by atoms with Crippen molar-refractivity contribution in [2.75, 3.05) is 7.05 Å². The zero-order chi connectivity index (χ0) is 18.5. The van der Waals surface area contributed by atoms with Crippen molar-refractivity contribution >= 4 is 5.91 Å². The molecule has 5 heteroatoms. The summed E-state index contributed by atoms with van der Waals surface area (Å²) in [6, 6.07) is 9.91. The van der Waals surface area contributed by atoms with Crippen molar-refractivity contribution in [1.29, 1.82) is 0 Å². The van der Waals surface area contributed by atoms with Crippen LogP contribution in [0.1, 0.15) is 49.5 Å². The van der Waals surface area contributed by atoms with Gasteiger partial charge >= 0.3 is 0 Å². The largest absolute Gasteiger partial charge is 0.389 e. The van der Waals surface area contributed by atoms with E-state index in [-0.39, 0.29) is 18.0 Å². The van der Waals surface area contributed by atoms with E-state index in [1.807, 2.05) is 50.5 Å². The summed E-state index contributed by atoms with van der Waals surface area (Å²) in [7, 11) is 1.84. The van der Waals surface area contributed by atoms with Crippen LogP contribution in [0.5, 0.6) is 0 Å². The van der Waals surface area contributed by atoms with Crippen molar-refractivity contribution < 1.29 is 9.90 Å². The van der Waals surface area contributed by atoms with Gasteiger partial charge in [-0.3, -0.25) is 4.79 Å². The Morgan fingerprint density at radius 1 is 1.27 bits per heavy atom. The Kier molecular flexibility index (Phi) is 6.09. The molecule has 1 saturated carbocycles. The Morgan fingerprint density at radius 2 is 2.00 bits per heavy atom. The summed E-state index contributed by atoms with van der Waals surface area (Å²) in [5.41, 5.74) is 1.17. The Morgan fingerprint density at radius 3 is 2.69 bits per heavy atom. The molecule has 1 aliphatic carbocycles. The van der Waals surface area contributed by atoms with E-state index in [0.717, 1.165) is 37.9 Å². The number of aliphatic hydroxyl groups excluding tert-OH is 1. The molecule has 140 valence electrons. The number of likely N-dealkylation sites (N-methyl/N-ethyl adjacent to an activating group) is 1. The van der Waals surface area contributed by atoms with Crippen LogP contribution in [0.25, 0.3) is 0 Å². The van der Waals surface area contributed by atoms with Gasteiger partial charge in [-0.05, 0) is 31.7 Å². The van der Waals surface area contributed by atoms with Gasteiger partial charge in [-0.15, -0.1) is 0 Å². The van der Waals surface area contributed by atoms with Gasteiger partial charge < -0.3 is 14.6 Å². The second kappa shape index (κ2) is 8.49. The molecule has 0 saturated heterocycles. The number of aromatic nitrogens is 2. The average molecular weight is 355 g/mol. The minimum atomic E-state index is -0.573. The molecule has 0 bridgehead atoms. The molecule has 1 amide bonds. The molecule has 1 N–H and O–H groups in total. The molecule has 26 heavy (non-hydrogen) atoms. The molecule has 0 radical (unpaired) electrons. The first kappa shape index (κ1) is 18.6. The molecule has 0 aliphatic heterocycles. The SMILES string of the molecule is Cc1nccn1[C@@H]1CCCC[C@@H](N(C)C(=O)CCc2ccccc2)[C@H]1O. The fourth-order valence-corrected chi connectivity index (χ4v) is 4.03. The van der Waals surface area contributed by atoms with Gasteiger partial charge in [0.2, 0.25) is 5.91 Å². The van der Waals surface area contributed by atoms with Gasteiger partial charge in [0, 0.05) is 25.9 Å². The van der Waals surface area contributed by atoms with E-state index in [4.69, 9.17) is 0 Å². The number of rotatable bonds is 5. The molecule has 0 unspecified atom stereocenters. The van der Waals surface area contributed by atoms with Crippen LogP contribution in [-0.2, 0) is 11.2 Å². The lowest BCUT2D eigenvalue weighted by Gasteiger charge is -2.35. The molecular formula is C21H29N3O2. The van der Waals surface area contributed by atoms with Gasteiger partial charge in [0.1, 0.15) is 5.82 Å². The zero-order valence-corrected chi connectivity index (χ0v) is 15.7. The monoisotopic (exact) mass is 355 g/mol. The van der Waals surface area contributed by atoms with E-state index in [1.165, 1.54) is 5.56 Å². The Balaban J connectivity index is 1.67. The zero-order valence-electron chi connectivity index (χ0n) is 15.7. The smallest absolute Gasteiger partial charge is 0.222 e. The van der Waals surface area contributed by atoms with Gasteiger partial charge in [0.15, 0.2) is 0 Å². The van der Waals surface area contributed by atoms with Crippen molar-refractivity contribution in [3.8, 4) is 0 Å². The number of aliphatic hydroxyl groups is 1. The van der Waals surface area contributed by atoms with Gasteiger partial charge in [0.25, 0.3) is 0 Å². The summed E-state index contributed by atoms with van der Waals surface area (Å²) in [5.74, 6) is 1.01. The number of hydrogen-bond acceptors (Lipinski definition) is 3. The fraction of sp³-hybridized carbons (Fsp3) is 0.524. The van der Waals surface area contributed by atoms with Crippen LogP contribution in [0, 0.1) is 6.92 Å². The summed E-state index contributed by atoms with van der Waals surface area (Å²) < 4.78 is 2.06. The Hall–Kier alpha value is -2.14. The van der Waals surface area contributed by atoms with Crippen LogP contribution >= 0.6 is 0 Å². The van der Waals surface area contributed by atoms with Crippen LogP contribution in [0.4, 0.5) is 0 Å². The van der Waals surface area contributed by atoms with Crippen molar-refractivity contribution in [2.45, 2.75) is 63.6 Å². The first-order valence-corrected chi connectivity index (χ1v) is 9.55.